The molecule has 2 rings (SSSR count). The minimum absolute atomic E-state index is 0.234. The number of hydrogen-bond acceptors (Lipinski definition) is 2. The highest BCUT2D eigenvalue weighted by atomic mass is 35.5. The van der Waals surface area contributed by atoms with E-state index in [0.717, 1.165) is 16.9 Å². The molecule has 96 valence electrons. The molecule has 0 spiro atoms. The number of nitrogens with zero attached hydrogens (tertiary/aromatic N) is 3. The second-order valence-electron chi connectivity index (χ2n) is 4.31. The molecule has 18 heavy (non-hydrogen) atoms. The van der Waals surface area contributed by atoms with E-state index in [9.17, 15) is 4.39 Å². The van der Waals surface area contributed by atoms with Crippen LogP contribution in [-0.2, 0) is 13.6 Å². The summed E-state index contributed by atoms with van der Waals surface area (Å²) in [5, 5.41) is 4.91. The highest BCUT2D eigenvalue weighted by Crippen LogP contribution is 2.23. The Morgan fingerprint density at radius 2 is 1.94 bits per heavy atom. The van der Waals surface area contributed by atoms with E-state index in [1.807, 2.05) is 25.9 Å². The van der Waals surface area contributed by atoms with Crippen molar-refractivity contribution in [3.05, 3.63) is 46.5 Å². The Bertz CT molecular complexity index is 548. The smallest absolute Gasteiger partial charge is 0.131 e. The number of rotatable bonds is 3. The summed E-state index contributed by atoms with van der Waals surface area (Å²) in [6, 6.07) is 6.39. The van der Waals surface area contributed by atoms with Gasteiger partial charge in [0.25, 0.3) is 0 Å². The van der Waals surface area contributed by atoms with Gasteiger partial charge in [-0.1, -0.05) is 11.6 Å². The molecule has 0 unspecified atom stereocenters. The van der Waals surface area contributed by atoms with Crippen LogP contribution in [-0.4, -0.2) is 16.8 Å². The molecule has 0 saturated carbocycles. The number of benzene rings is 1. The SMILES string of the molecule is Cc1nn(C)c(Cl)c1CN(C)c1ccc(F)cc1. The lowest BCUT2D eigenvalue weighted by Gasteiger charge is -2.19. The monoisotopic (exact) mass is 267 g/mol. The molecule has 3 nitrogen and oxygen atoms in total. The van der Waals surface area contributed by atoms with Crippen LogP contribution in [0.2, 0.25) is 5.15 Å². The van der Waals surface area contributed by atoms with Gasteiger partial charge < -0.3 is 4.90 Å². The first-order valence-electron chi connectivity index (χ1n) is 5.63. The third-order valence-corrected chi connectivity index (χ3v) is 3.41. The molecule has 0 amide bonds. The van der Waals surface area contributed by atoms with Crippen LogP contribution in [0, 0.1) is 12.7 Å². The quantitative estimate of drug-likeness (QED) is 0.852. The molecule has 1 aromatic carbocycles. The number of aromatic nitrogens is 2. The minimum atomic E-state index is -0.234. The van der Waals surface area contributed by atoms with Crippen molar-refractivity contribution < 1.29 is 4.39 Å². The first-order chi connectivity index (χ1) is 8.49. The second-order valence-corrected chi connectivity index (χ2v) is 4.67. The van der Waals surface area contributed by atoms with Gasteiger partial charge in [-0.2, -0.15) is 5.10 Å². The van der Waals surface area contributed by atoms with Gasteiger partial charge in [0.1, 0.15) is 11.0 Å². The van der Waals surface area contributed by atoms with Crippen molar-refractivity contribution in [3.8, 4) is 0 Å². The average molecular weight is 268 g/mol. The summed E-state index contributed by atoms with van der Waals surface area (Å²) in [7, 11) is 3.76. The van der Waals surface area contributed by atoms with Crippen molar-refractivity contribution >= 4 is 17.3 Å². The molecule has 2 aromatic rings. The zero-order valence-electron chi connectivity index (χ0n) is 10.6. The summed E-state index contributed by atoms with van der Waals surface area (Å²) in [5.41, 5.74) is 2.85. The van der Waals surface area contributed by atoms with Crippen molar-refractivity contribution in [1.82, 2.24) is 9.78 Å². The fourth-order valence-corrected chi connectivity index (χ4v) is 2.11. The van der Waals surface area contributed by atoms with Gasteiger partial charge >= 0.3 is 0 Å². The van der Waals surface area contributed by atoms with Crippen molar-refractivity contribution in [1.29, 1.82) is 0 Å². The lowest BCUT2D eigenvalue weighted by Crippen LogP contribution is -2.16. The summed E-state index contributed by atoms with van der Waals surface area (Å²) in [4.78, 5) is 2.01. The third kappa shape index (κ3) is 2.48. The maximum Gasteiger partial charge on any atom is 0.131 e. The Balaban J connectivity index is 2.21. The molecule has 0 aliphatic carbocycles. The Morgan fingerprint density at radius 1 is 1.33 bits per heavy atom. The first-order valence-corrected chi connectivity index (χ1v) is 6.01. The van der Waals surface area contributed by atoms with Gasteiger partial charge in [-0.3, -0.25) is 4.68 Å². The predicted octanol–water partition coefficient (Wildman–Crippen LogP) is 3.16. The largest absolute Gasteiger partial charge is 0.370 e. The topological polar surface area (TPSA) is 21.1 Å². The van der Waals surface area contributed by atoms with Crippen LogP contribution in [0.25, 0.3) is 0 Å². The van der Waals surface area contributed by atoms with Gasteiger partial charge in [-0.05, 0) is 31.2 Å². The highest BCUT2D eigenvalue weighted by molar-refractivity contribution is 6.30. The zero-order chi connectivity index (χ0) is 13.3. The van der Waals surface area contributed by atoms with Crippen LogP contribution < -0.4 is 4.90 Å². The Morgan fingerprint density at radius 3 is 2.44 bits per heavy atom. The van der Waals surface area contributed by atoms with E-state index in [4.69, 9.17) is 11.6 Å². The van der Waals surface area contributed by atoms with Gasteiger partial charge in [0.05, 0.1) is 5.69 Å². The average Bonchev–Trinajstić information content (AvgIpc) is 2.57. The number of aryl methyl sites for hydroxylation is 2. The highest BCUT2D eigenvalue weighted by Gasteiger charge is 2.13. The zero-order valence-corrected chi connectivity index (χ0v) is 11.4. The molecule has 0 atom stereocenters. The number of anilines is 1. The van der Waals surface area contributed by atoms with Crippen LogP contribution in [0.5, 0.6) is 0 Å². The summed E-state index contributed by atoms with van der Waals surface area (Å²) >= 11 is 6.18. The fourth-order valence-electron chi connectivity index (χ4n) is 1.88. The number of halogens is 2. The fraction of sp³-hybridized carbons (Fsp3) is 0.308. The summed E-state index contributed by atoms with van der Waals surface area (Å²) in [6.07, 6.45) is 0. The molecule has 0 fully saturated rings. The molecular weight excluding hydrogens is 253 g/mol. The van der Waals surface area contributed by atoms with Crippen LogP contribution in [0.15, 0.2) is 24.3 Å². The minimum Gasteiger partial charge on any atom is -0.370 e. The molecule has 0 N–H and O–H groups in total. The summed E-state index contributed by atoms with van der Waals surface area (Å²) in [6.45, 7) is 2.57. The number of hydrogen-bond donors (Lipinski definition) is 0. The van der Waals surface area contributed by atoms with Gasteiger partial charge in [-0.15, -0.1) is 0 Å². The van der Waals surface area contributed by atoms with E-state index in [2.05, 4.69) is 5.10 Å². The molecule has 0 aliphatic rings. The molecule has 0 saturated heterocycles. The third-order valence-electron chi connectivity index (χ3n) is 2.93. The lowest BCUT2D eigenvalue weighted by atomic mass is 10.2. The molecular formula is C13H15ClFN3. The van der Waals surface area contributed by atoms with Gasteiger partial charge in [0, 0.05) is 31.9 Å². The van der Waals surface area contributed by atoms with Crippen LogP contribution in [0.1, 0.15) is 11.3 Å². The second kappa shape index (κ2) is 4.98. The normalized spacial score (nSPS) is 10.7. The first kappa shape index (κ1) is 12.9. The summed E-state index contributed by atoms with van der Waals surface area (Å²) < 4.78 is 14.5. The van der Waals surface area contributed by atoms with Gasteiger partial charge in [-0.25, -0.2) is 4.39 Å². The molecule has 0 aliphatic heterocycles. The van der Waals surface area contributed by atoms with E-state index in [0.29, 0.717) is 11.7 Å². The van der Waals surface area contributed by atoms with E-state index in [1.54, 1.807) is 16.8 Å². The van der Waals surface area contributed by atoms with E-state index in [1.165, 1.54) is 12.1 Å². The Hall–Kier alpha value is -1.55. The van der Waals surface area contributed by atoms with E-state index in [-0.39, 0.29) is 5.82 Å². The molecule has 0 bridgehead atoms. The van der Waals surface area contributed by atoms with Crippen molar-refractivity contribution in [2.45, 2.75) is 13.5 Å². The van der Waals surface area contributed by atoms with Crippen molar-refractivity contribution in [3.63, 3.8) is 0 Å². The lowest BCUT2D eigenvalue weighted by molar-refractivity contribution is 0.627. The molecule has 0 radical (unpaired) electrons. The van der Waals surface area contributed by atoms with Crippen LogP contribution in [0.4, 0.5) is 10.1 Å². The van der Waals surface area contributed by atoms with Crippen LogP contribution >= 0.6 is 11.6 Å². The van der Waals surface area contributed by atoms with Crippen molar-refractivity contribution in [2.75, 3.05) is 11.9 Å². The standard InChI is InChI=1S/C13H15ClFN3/c1-9-12(13(14)18(3)16-9)8-17(2)11-6-4-10(15)5-7-11/h4-7H,8H2,1-3H3. The maximum atomic E-state index is 12.9. The predicted molar refractivity (Wildman–Crippen MR) is 71.5 cm³/mol. The molecule has 1 heterocycles. The van der Waals surface area contributed by atoms with Gasteiger partial charge in [0.15, 0.2) is 0 Å². The van der Waals surface area contributed by atoms with E-state index < -0.39 is 0 Å². The van der Waals surface area contributed by atoms with Crippen molar-refractivity contribution in [2.24, 2.45) is 7.05 Å². The summed E-state index contributed by atoms with van der Waals surface area (Å²) in [5.74, 6) is -0.234. The van der Waals surface area contributed by atoms with E-state index >= 15 is 0 Å². The molecule has 1 aromatic heterocycles. The maximum absolute atomic E-state index is 12.9. The van der Waals surface area contributed by atoms with Gasteiger partial charge in [0.2, 0.25) is 0 Å². The molecule has 5 heteroatoms. The van der Waals surface area contributed by atoms with Crippen LogP contribution in [0.3, 0.4) is 0 Å². The Labute approximate surface area is 111 Å². The Kier molecular flexibility index (Phi) is 3.57.